The van der Waals surface area contributed by atoms with Crippen LogP contribution in [0.15, 0.2) is 24.3 Å². The van der Waals surface area contributed by atoms with Gasteiger partial charge in [-0.25, -0.2) is 0 Å². The lowest BCUT2D eigenvalue weighted by Crippen LogP contribution is -2.66. The maximum atomic E-state index is 14.1. The van der Waals surface area contributed by atoms with Gasteiger partial charge in [0.15, 0.2) is 0 Å². The normalized spacial score (nSPS) is 51.8. The molecule has 0 radical (unpaired) electrons. The van der Waals surface area contributed by atoms with Crippen molar-refractivity contribution in [1.29, 1.82) is 0 Å². The van der Waals surface area contributed by atoms with E-state index in [4.69, 9.17) is 42.6 Å². The molecule has 9 rings (SSSR count). The van der Waals surface area contributed by atoms with Crippen molar-refractivity contribution in [2.24, 2.45) is 11.8 Å². The van der Waals surface area contributed by atoms with E-state index in [0.717, 1.165) is 62.5 Å². The first-order valence-electron chi connectivity index (χ1n) is 20.6. The highest BCUT2D eigenvalue weighted by molar-refractivity contribution is 5.79. The zero-order chi connectivity index (χ0) is 36.5. The van der Waals surface area contributed by atoms with Crippen molar-refractivity contribution < 1.29 is 57.6 Å². The molecule has 11 unspecified atom stereocenters. The van der Waals surface area contributed by atoms with Crippen molar-refractivity contribution >= 4 is 5.78 Å². The number of methoxy groups -OCH3 is 1. The van der Waals surface area contributed by atoms with Crippen LogP contribution < -0.4 is 0 Å². The number of hydrogen-bond donors (Lipinski definition) is 2. The van der Waals surface area contributed by atoms with Gasteiger partial charge in [0.05, 0.1) is 86.0 Å². The van der Waals surface area contributed by atoms with Gasteiger partial charge in [0.25, 0.3) is 0 Å². The Kier molecular flexibility index (Phi) is 10.7. The van der Waals surface area contributed by atoms with Crippen molar-refractivity contribution in [2.45, 2.75) is 200 Å². The maximum Gasteiger partial charge on any atom is 0.135 e. The highest BCUT2D eigenvalue weighted by atomic mass is 16.7. The van der Waals surface area contributed by atoms with Crippen LogP contribution in [-0.2, 0) is 47.4 Å². The van der Waals surface area contributed by atoms with E-state index in [9.17, 15) is 15.0 Å². The summed E-state index contributed by atoms with van der Waals surface area (Å²) in [5, 5.41) is 20.1. The van der Waals surface area contributed by atoms with Gasteiger partial charge in [0.2, 0.25) is 0 Å². The average Bonchev–Trinajstić information content (AvgIpc) is 3.74. The van der Waals surface area contributed by atoms with Crippen molar-refractivity contribution in [1.82, 2.24) is 0 Å². The predicted molar refractivity (Wildman–Crippen MR) is 189 cm³/mol. The summed E-state index contributed by atoms with van der Waals surface area (Å²) in [5.41, 5.74) is 2.18. The molecule has 9 heterocycles. The minimum atomic E-state index is -0.950. The quantitative estimate of drug-likeness (QED) is 0.408. The lowest BCUT2D eigenvalue weighted by atomic mass is 9.81. The van der Waals surface area contributed by atoms with Crippen molar-refractivity contribution in [3.63, 3.8) is 0 Å². The Labute approximate surface area is 313 Å². The van der Waals surface area contributed by atoms with Crippen molar-refractivity contribution in [2.75, 3.05) is 13.7 Å². The third kappa shape index (κ3) is 7.15. The molecule has 12 nitrogen and oxygen atoms in total. The van der Waals surface area contributed by atoms with Gasteiger partial charge in [-0.3, -0.25) is 4.79 Å². The van der Waals surface area contributed by atoms with Crippen LogP contribution in [0.4, 0.5) is 0 Å². The fourth-order valence-corrected chi connectivity index (χ4v) is 11.4. The Morgan fingerprint density at radius 3 is 2.13 bits per heavy atom. The molecule has 2 N–H and O–H groups in total. The molecular formula is C41H60O12. The van der Waals surface area contributed by atoms with Crippen LogP contribution in [0.25, 0.3) is 0 Å². The minimum Gasteiger partial charge on any atom is -0.394 e. The molecule has 0 saturated carbocycles. The second-order valence-corrected chi connectivity index (χ2v) is 17.6. The number of aliphatic hydroxyl groups excluding tert-OH is 2. The zero-order valence-corrected chi connectivity index (χ0v) is 31.3. The molecule has 296 valence electrons. The number of carbonyl (C=O) groups excluding carboxylic acids is 1. The number of fused-ring (bicyclic) bond motifs is 7. The van der Waals surface area contributed by atoms with E-state index < -0.39 is 18.3 Å². The van der Waals surface area contributed by atoms with E-state index in [0.29, 0.717) is 12.8 Å². The molecule has 9 aliphatic rings. The molecule has 20 atom stereocenters. The van der Waals surface area contributed by atoms with Crippen molar-refractivity contribution in [3.05, 3.63) is 24.3 Å². The molecule has 0 amide bonds. The van der Waals surface area contributed by atoms with Crippen LogP contribution in [0.1, 0.15) is 90.4 Å². The molecule has 9 fully saturated rings. The summed E-state index contributed by atoms with van der Waals surface area (Å²) in [6, 6.07) is 0. The van der Waals surface area contributed by atoms with Gasteiger partial charge in [-0.2, -0.15) is 0 Å². The van der Waals surface area contributed by atoms with Crippen LogP contribution in [0.5, 0.6) is 0 Å². The zero-order valence-electron chi connectivity index (χ0n) is 31.3. The first-order chi connectivity index (χ1) is 25.6. The monoisotopic (exact) mass is 744 g/mol. The van der Waals surface area contributed by atoms with Gasteiger partial charge in [0.1, 0.15) is 36.3 Å². The molecule has 0 aliphatic carbocycles. The minimum absolute atomic E-state index is 0.00788. The van der Waals surface area contributed by atoms with Gasteiger partial charge in [-0.05, 0) is 68.4 Å². The largest absolute Gasteiger partial charge is 0.394 e. The molecular weight excluding hydrogens is 684 g/mol. The first kappa shape index (κ1) is 37.3. The van der Waals surface area contributed by atoms with Crippen LogP contribution in [0.2, 0.25) is 0 Å². The van der Waals surface area contributed by atoms with E-state index in [1.807, 2.05) is 0 Å². The predicted octanol–water partition coefficient (Wildman–Crippen LogP) is 3.51. The molecule has 0 aromatic heterocycles. The van der Waals surface area contributed by atoms with Crippen LogP contribution in [-0.4, -0.2) is 140 Å². The molecule has 0 aromatic carbocycles. The van der Waals surface area contributed by atoms with Gasteiger partial charge in [-0.1, -0.05) is 20.1 Å². The smallest absolute Gasteiger partial charge is 0.135 e. The number of ether oxygens (including phenoxy) is 9. The van der Waals surface area contributed by atoms with Crippen LogP contribution >= 0.6 is 0 Å². The highest BCUT2D eigenvalue weighted by Gasteiger charge is 2.64. The fraction of sp³-hybridized carbons (Fsp3) is 0.878. The lowest BCUT2D eigenvalue weighted by Gasteiger charge is -2.51. The Bertz CT molecular complexity index is 1370. The Morgan fingerprint density at radius 2 is 1.34 bits per heavy atom. The van der Waals surface area contributed by atoms with Gasteiger partial charge in [0, 0.05) is 45.1 Å². The summed E-state index contributed by atoms with van der Waals surface area (Å²) in [6.45, 7) is 10.7. The molecule has 53 heavy (non-hydrogen) atoms. The third-order valence-corrected chi connectivity index (χ3v) is 14.2. The number of aliphatic hydroxyl groups is 2. The lowest BCUT2D eigenvalue weighted by molar-refractivity contribution is -0.301. The molecule has 10 bridgehead atoms. The van der Waals surface area contributed by atoms with Gasteiger partial charge in [-0.15, -0.1) is 0 Å². The van der Waals surface area contributed by atoms with E-state index in [-0.39, 0.29) is 135 Å². The standard InChI is InChI=1S/C41H60O12/c1-19-11-24-5-8-28-20(2)12-25(46-28)6-9-29-33-17-35-38(50-29)40-41(53-35)39(52-33)37-30(51-40)10-7-26(48-37)13-22(43)14-27-32(16-31(47-24)21(19)3)49-34(36(27)45-4)15-23(44)18-42/h19,23-42,44H,2-3,5-18H2,1,4H3/t19?,23?,24?,25?,26-,27?,28+,29-,30?,31?,32?,33-,34-,35?,36-,37+,38?,39?,40+,41+/m1/s1. The summed E-state index contributed by atoms with van der Waals surface area (Å²) in [6.07, 6.45) is 4.49. The highest BCUT2D eigenvalue weighted by Crippen LogP contribution is 2.49. The number of ketones is 1. The third-order valence-electron chi connectivity index (χ3n) is 14.2. The van der Waals surface area contributed by atoms with Gasteiger partial charge >= 0.3 is 0 Å². The number of hydrogen-bond acceptors (Lipinski definition) is 12. The topological polar surface area (TPSA) is 141 Å². The van der Waals surface area contributed by atoms with Gasteiger partial charge < -0.3 is 52.8 Å². The average molecular weight is 745 g/mol. The Balaban J connectivity index is 0.985. The molecule has 9 saturated heterocycles. The van der Waals surface area contributed by atoms with E-state index in [1.54, 1.807) is 7.11 Å². The molecule has 9 aliphatic heterocycles. The fourth-order valence-electron chi connectivity index (χ4n) is 11.4. The molecule has 0 aromatic rings. The van der Waals surface area contributed by atoms with Crippen molar-refractivity contribution in [3.8, 4) is 0 Å². The maximum absolute atomic E-state index is 14.1. The summed E-state index contributed by atoms with van der Waals surface area (Å²) >= 11 is 0. The van der Waals surface area contributed by atoms with Crippen LogP contribution in [0, 0.1) is 11.8 Å². The Hall–Kier alpha value is -1.29. The van der Waals surface area contributed by atoms with E-state index >= 15 is 0 Å². The molecule has 0 spiro atoms. The second-order valence-electron chi connectivity index (χ2n) is 17.6. The number of carbonyl (C=O) groups is 1. The second kappa shape index (κ2) is 15.2. The summed E-state index contributed by atoms with van der Waals surface area (Å²) in [4.78, 5) is 14.1. The number of Topliss-reactive ketones (excluding diaryl/α,β-unsaturated/α-hetero) is 1. The SMILES string of the molecule is C=C1C(C)CC2CC[C@@H]3OC(CC[C@H]4OC5C6C[C@H]4OC4[C@H]7O[C@H](CCC7O[C@@H]5[C@H]4O6)CC(=O)CC4C(CC1O2)O[C@H](CC(O)CO)[C@@H]4OC)CC3=C. The number of rotatable bonds is 4. The van der Waals surface area contributed by atoms with Crippen LogP contribution in [0.3, 0.4) is 0 Å². The molecule has 12 heteroatoms. The van der Waals surface area contributed by atoms with E-state index in [1.165, 1.54) is 0 Å². The first-order valence-corrected chi connectivity index (χ1v) is 20.6. The Morgan fingerprint density at radius 1 is 0.679 bits per heavy atom. The summed E-state index contributed by atoms with van der Waals surface area (Å²) in [5.74, 6) is 0.0897. The van der Waals surface area contributed by atoms with E-state index in [2.05, 4.69) is 20.1 Å². The summed E-state index contributed by atoms with van der Waals surface area (Å²) in [7, 11) is 1.63. The summed E-state index contributed by atoms with van der Waals surface area (Å²) < 4.78 is 59.9.